The van der Waals surface area contributed by atoms with Gasteiger partial charge >= 0.3 is 12.0 Å². The Labute approximate surface area is 144 Å². The Morgan fingerprint density at radius 1 is 1.09 bits per heavy atom. The molecule has 2 aliphatic rings. The van der Waals surface area contributed by atoms with E-state index in [9.17, 15) is 9.59 Å². The molecule has 0 aliphatic heterocycles. The Hall–Kier alpha value is -1.56. The van der Waals surface area contributed by atoms with Gasteiger partial charge in [0.25, 0.3) is 0 Å². The summed E-state index contributed by atoms with van der Waals surface area (Å²) in [6.07, 6.45) is 6.03. The van der Waals surface area contributed by atoms with Gasteiger partial charge < -0.3 is 15.7 Å². The molecule has 6 heteroatoms. The molecule has 2 amide bonds. The minimum absolute atomic E-state index is 0.0544. The number of aryl methyl sites for hydroxylation is 2. The molecule has 124 valence electrons. The lowest BCUT2D eigenvalue weighted by molar-refractivity contribution is -0.142. The zero-order valence-electron chi connectivity index (χ0n) is 12.9. The largest absolute Gasteiger partial charge is 0.481 e. The van der Waals surface area contributed by atoms with E-state index in [4.69, 9.17) is 5.11 Å². The number of aliphatic carboxylic acids is 1. The maximum absolute atomic E-state index is 12.2. The van der Waals surface area contributed by atoms with E-state index in [1.54, 1.807) is 0 Å². The number of urea groups is 1. The zero-order valence-corrected chi connectivity index (χ0v) is 14.5. The van der Waals surface area contributed by atoms with E-state index in [0.29, 0.717) is 12.8 Å². The predicted octanol–water partition coefficient (Wildman–Crippen LogP) is 3.70. The quantitative estimate of drug-likeness (QED) is 0.747. The monoisotopic (exact) mass is 380 g/mol. The van der Waals surface area contributed by atoms with Gasteiger partial charge in [-0.1, -0.05) is 0 Å². The Kier molecular flexibility index (Phi) is 4.90. The van der Waals surface area contributed by atoms with Gasteiger partial charge in [-0.25, -0.2) is 4.79 Å². The van der Waals surface area contributed by atoms with Crippen LogP contribution in [-0.2, 0) is 17.6 Å². The van der Waals surface area contributed by atoms with Crippen LogP contribution in [0, 0.1) is 5.92 Å². The molecular formula is C17H21BrN2O3. The van der Waals surface area contributed by atoms with E-state index in [1.165, 1.54) is 17.5 Å². The van der Waals surface area contributed by atoms with Crippen molar-refractivity contribution in [2.24, 2.45) is 5.92 Å². The highest BCUT2D eigenvalue weighted by atomic mass is 79.9. The maximum Gasteiger partial charge on any atom is 0.319 e. The van der Waals surface area contributed by atoms with Crippen LogP contribution in [0.4, 0.5) is 10.5 Å². The van der Waals surface area contributed by atoms with Crippen LogP contribution in [0.15, 0.2) is 16.6 Å². The maximum atomic E-state index is 12.2. The third kappa shape index (κ3) is 3.86. The molecular weight excluding hydrogens is 360 g/mol. The van der Waals surface area contributed by atoms with E-state index >= 15 is 0 Å². The van der Waals surface area contributed by atoms with Gasteiger partial charge in [0.05, 0.1) is 11.6 Å². The fourth-order valence-electron chi connectivity index (χ4n) is 3.52. The van der Waals surface area contributed by atoms with Gasteiger partial charge in [-0.05, 0) is 84.1 Å². The molecule has 2 aliphatic carbocycles. The molecule has 0 saturated heterocycles. The number of halogens is 1. The number of carbonyl (C=O) groups excluding carboxylic acids is 1. The van der Waals surface area contributed by atoms with Gasteiger partial charge in [0.15, 0.2) is 0 Å². The lowest BCUT2D eigenvalue weighted by Gasteiger charge is -2.27. The first-order chi connectivity index (χ1) is 11.0. The van der Waals surface area contributed by atoms with Crippen LogP contribution in [0.25, 0.3) is 0 Å². The summed E-state index contributed by atoms with van der Waals surface area (Å²) in [5.41, 5.74) is 3.46. The van der Waals surface area contributed by atoms with E-state index in [-0.39, 0.29) is 18.0 Å². The summed E-state index contributed by atoms with van der Waals surface area (Å²) in [6, 6.07) is 3.98. The first-order valence-electron chi connectivity index (χ1n) is 8.14. The Balaban J connectivity index is 1.55. The number of nitrogens with one attached hydrogen (secondary N) is 2. The third-order valence-corrected chi connectivity index (χ3v) is 5.50. The van der Waals surface area contributed by atoms with E-state index in [2.05, 4.69) is 32.6 Å². The lowest BCUT2D eigenvalue weighted by atomic mass is 9.86. The number of hydrogen-bond acceptors (Lipinski definition) is 2. The number of carboxylic acid groups (broad SMARTS) is 1. The fourth-order valence-corrected chi connectivity index (χ4v) is 4.01. The zero-order chi connectivity index (χ0) is 16.4. The van der Waals surface area contributed by atoms with Gasteiger partial charge in [0.2, 0.25) is 0 Å². The van der Waals surface area contributed by atoms with Crippen LogP contribution in [0.1, 0.15) is 43.2 Å². The summed E-state index contributed by atoms with van der Waals surface area (Å²) in [5, 5.41) is 14.9. The van der Waals surface area contributed by atoms with Crippen LogP contribution in [0.5, 0.6) is 0 Å². The molecule has 1 aromatic rings. The van der Waals surface area contributed by atoms with E-state index < -0.39 is 5.97 Å². The molecule has 1 fully saturated rings. The highest BCUT2D eigenvalue weighted by molar-refractivity contribution is 9.10. The second-order valence-corrected chi connectivity index (χ2v) is 7.29. The van der Waals surface area contributed by atoms with Crippen molar-refractivity contribution in [3.63, 3.8) is 0 Å². The number of fused-ring (bicyclic) bond motifs is 1. The van der Waals surface area contributed by atoms with Gasteiger partial charge in [-0.15, -0.1) is 0 Å². The van der Waals surface area contributed by atoms with Crippen molar-refractivity contribution in [1.29, 1.82) is 0 Å². The van der Waals surface area contributed by atoms with Crippen LogP contribution in [-0.4, -0.2) is 23.1 Å². The Morgan fingerprint density at radius 2 is 1.74 bits per heavy atom. The summed E-state index contributed by atoms with van der Waals surface area (Å²) in [7, 11) is 0. The first-order valence-corrected chi connectivity index (χ1v) is 8.94. The molecule has 0 bridgehead atoms. The molecule has 3 rings (SSSR count). The lowest BCUT2D eigenvalue weighted by Crippen LogP contribution is -2.41. The molecule has 5 nitrogen and oxygen atoms in total. The molecule has 1 saturated carbocycles. The molecule has 0 heterocycles. The minimum atomic E-state index is -0.727. The highest BCUT2D eigenvalue weighted by Crippen LogP contribution is 2.32. The third-order valence-electron chi connectivity index (χ3n) is 4.84. The second-order valence-electron chi connectivity index (χ2n) is 6.44. The van der Waals surface area contributed by atoms with Gasteiger partial charge in [-0.3, -0.25) is 4.79 Å². The van der Waals surface area contributed by atoms with Crippen molar-refractivity contribution in [2.45, 2.75) is 51.0 Å². The number of hydrogen-bond donors (Lipinski definition) is 3. The standard InChI is InChI=1S/C17H21BrN2O3/c18-14-8-11-2-1-3-12(11)9-15(14)20-17(23)19-13-6-4-10(5-7-13)16(21)22/h8-10,13H,1-7H2,(H,21,22)(H2,19,20,23). The molecule has 3 N–H and O–H groups in total. The highest BCUT2D eigenvalue weighted by Gasteiger charge is 2.26. The second kappa shape index (κ2) is 6.91. The number of rotatable bonds is 3. The Morgan fingerprint density at radius 3 is 2.39 bits per heavy atom. The fraction of sp³-hybridized carbons (Fsp3) is 0.529. The van der Waals surface area contributed by atoms with Crippen molar-refractivity contribution >= 4 is 33.6 Å². The van der Waals surface area contributed by atoms with Gasteiger partial charge in [-0.2, -0.15) is 0 Å². The molecule has 1 aromatic carbocycles. The smallest absolute Gasteiger partial charge is 0.319 e. The van der Waals surface area contributed by atoms with Crippen LogP contribution in [0.3, 0.4) is 0 Å². The summed E-state index contributed by atoms with van der Waals surface area (Å²) >= 11 is 3.52. The molecule has 23 heavy (non-hydrogen) atoms. The SMILES string of the molecule is O=C(Nc1cc2c(cc1Br)CCC2)NC1CCC(C(=O)O)CC1. The number of amides is 2. The van der Waals surface area contributed by atoms with Gasteiger partial charge in [0, 0.05) is 10.5 Å². The van der Waals surface area contributed by atoms with Crippen LogP contribution in [0.2, 0.25) is 0 Å². The molecule has 0 atom stereocenters. The molecule has 0 spiro atoms. The first kappa shape index (κ1) is 16.3. The van der Waals surface area contributed by atoms with Crippen molar-refractivity contribution in [3.05, 3.63) is 27.7 Å². The van der Waals surface area contributed by atoms with Crippen molar-refractivity contribution in [3.8, 4) is 0 Å². The summed E-state index contributed by atoms with van der Waals surface area (Å²) in [5.74, 6) is -0.989. The van der Waals surface area contributed by atoms with Crippen molar-refractivity contribution in [1.82, 2.24) is 5.32 Å². The van der Waals surface area contributed by atoms with Crippen LogP contribution >= 0.6 is 15.9 Å². The molecule has 0 radical (unpaired) electrons. The van der Waals surface area contributed by atoms with Crippen LogP contribution < -0.4 is 10.6 Å². The predicted molar refractivity (Wildman–Crippen MR) is 91.7 cm³/mol. The van der Waals surface area contributed by atoms with E-state index in [1.807, 2.05) is 6.07 Å². The van der Waals surface area contributed by atoms with Gasteiger partial charge in [0.1, 0.15) is 0 Å². The topological polar surface area (TPSA) is 78.4 Å². The molecule has 0 aromatic heterocycles. The minimum Gasteiger partial charge on any atom is -0.481 e. The number of anilines is 1. The number of carboxylic acids is 1. The summed E-state index contributed by atoms with van der Waals surface area (Å²) in [4.78, 5) is 23.1. The van der Waals surface area contributed by atoms with Crippen molar-refractivity contribution in [2.75, 3.05) is 5.32 Å². The summed E-state index contributed by atoms with van der Waals surface area (Å²) < 4.78 is 0.905. The van der Waals surface area contributed by atoms with Crippen molar-refractivity contribution < 1.29 is 14.7 Å². The summed E-state index contributed by atoms with van der Waals surface area (Å²) in [6.45, 7) is 0. The van der Waals surface area contributed by atoms with E-state index in [0.717, 1.165) is 35.8 Å². The Bertz CT molecular complexity index is 625. The average Bonchev–Trinajstić information content (AvgIpc) is 2.95. The molecule has 0 unspecified atom stereocenters. The number of carbonyl (C=O) groups is 2. The number of benzene rings is 1. The average molecular weight is 381 g/mol. The normalized spacial score (nSPS) is 23.2.